The summed E-state index contributed by atoms with van der Waals surface area (Å²) in [6.45, 7) is 14.9. The zero-order valence-electron chi connectivity index (χ0n) is 11.2. The summed E-state index contributed by atoms with van der Waals surface area (Å²) < 4.78 is 15.1. The maximum atomic E-state index is 15.1. The monoisotopic (exact) mass is 239 g/mol. The van der Waals surface area contributed by atoms with E-state index in [9.17, 15) is 0 Å². The fraction of sp³-hybridized carbons (Fsp3) is 0.615. The van der Waals surface area contributed by atoms with Gasteiger partial charge in [0.15, 0.2) is 0 Å². The van der Waals surface area contributed by atoms with Gasteiger partial charge in [-0.05, 0) is 16.8 Å². The number of hydrogen-bond donors (Lipinski definition) is 0. The third kappa shape index (κ3) is 3.31. The quantitative estimate of drug-likeness (QED) is 0.281. The molecule has 16 heavy (non-hydrogen) atoms. The zero-order chi connectivity index (χ0) is 13.0. The molecule has 0 rings (SSSR count). The molecule has 0 heterocycles. The molecule has 0 radical (unpaired) electrons. The fourth-order valence-electron chi connectivity index (χ4n) is 1.73. The molecular weight excluding hydrogens is 217 g/mol. The molecule has 0 bridgehead atoms. The van der Waals surface area contributed by atoms with Gasteiger partial charge in [-0.1, -0.05) is 53.0 Å². The maximum Gasteiger partial charge on any atom is 0.333 e. The van der Waals surface area contributed by atoms with E-state index < -0.39 is 18.5 Å². The lowest BCUT2D eigenvalue weighted by atomic mass is 10.2. The molecule has 0 aliphatic rings. The summed E-state index contributed by atoms with van der Waals surface area (Å²) in [5, 5.41) is -0.790. The summed E-state index contributed by atoms with van der Waals surface area (Å²) in [6, 6.07) is 0. The van der Waals surface area contributed by atoms with Gasteiger partial charge in [0.1, 0.15) is 0 Å². The van der Waals surface area contributed by atoms with Crippen molar-refractivity contribution >= 4 is 15.1 Å². The molecule has 0 aromatic rings. The molecule has 0 aliphatic carbocycles. The van der Waals surface area contributed by atoms with Crippen LogP contribution in [-0.4, -0.2) is 15.1 Å². The van der Waals surface area contributed by atoms with Gasteiger partial charge < -0.3 is 0 Å². The van der Waals surface area contributed by atoms with E-state index >= 15 is 4.11 Å². The Labute approximate surface area is 100 Å². The second-order valence-electron chi connectivity index (χ2n) is 5.93. The molecule has 1 nitrogen and oxygen atoms in total. The van der Waals surface area contributed by atoms with Crippen LogP contribution in [0.4, 0.5) is 4.11 Å². The Morgan fingerprint density at radius 1 is 1.12 bits per heavy atom. The average molecular weight is 239 g/mol. The van der Waals surface area contributed by atoms with Crippen molar-refractivity contribution in [1.82, 2.24) is 0 Å². The number of nitrogens with zero attached hydrogens (tertiary/aromatic N) is 1. The minimum Gasteiger partial charge on any atom is -0.296 e. The van der Waals surface area contributed by atoms with Gasteiger partial charge in [0.2, 0.25) is 0 Å². The van der Waals surface area contributed by atoms with Crippen molar-refractivity contribution in [3.63, 3.8) is 0 Å². The topological polar surface area (TPSA) is 12.4 Å². The highest BCUT2D eigenvalue weighted by Crippen LogP contribution is 2.51. The molecule has 0 N–H and O–H groups in total. The highest BCUT2D eigenvalue weighted by molar-refractivity contribution is 6.86. The normalized spacial score (nSPS) is 13.4. The van der Waals surface area contributed by atoms with Gasteiger partial charge in [-0.2, -0.15) is 0 Å². The second kappa shape index (κ2) is 4.97. The molecule has 0 saturated heterocycles. The Morgan fingerprint density at radius 3 is 1.88 bits per heavy atom. The minimum atomic E-state index is -3.18. The molecule has 90 valence electrons. The van der Waals surface area contributed by atoms with E-state index in [2.05, 4.69) is 23.2 Å². The first-order chi connectivity index (χ1) is 7.06. The van der Waals surface area contributed by atoms with E-state index in [0.717, 1.165) is 0 Å². The van der Waals surface area contributed by atoms with Crippen molar-refractivity contribution < 1.29 is 4.11 Å². The summed E-state index contributed by atoms with van der Waals surface area (Å²) in [5.41, 5.74) is 2.86. The van der Waals surface area contributed by atoms with Crippen LogP contribution in [0.1, 0.15) is 41.5 Å². The lowest BCUT2D eigenvalue weighted by molar-refractivity contribution is 0.537. The summed E-state index contributed by atoms with van der Waals surface area (Å²) in [5.74, 6) is 2.76. The molecule has 0 atom stereocenters. The van der Waals surface area contributed by atoms with E-state index in [1.807, 2.05) is 41.5 Å². The van der Waals surface area contributed by atoms with Crippen LogP contribution in [0.5, 0.6) is 0 Å². The van der Waals surface area contributed by atoms with Gasteiger partial charge in [0, 0.05) is 12.3 Å². The van der Waals surface area contributed by atoms with E-state index in [0.29, 0.717) is 0 Å². The molecule has 0 saturated carbocycles. The van der Waals surface area contributed by atoms with Gasteiger partial charge in [-0.15, -0.1) is 0 Å². The molecule has 0 spiro atoms. The summed E-state index contributed by atoms with van der Waals surface area (Å²) in [4.78, 5) is 3.54. The smallest absolute Gasteiger partial charge is 0.296 e. The summed E-state index contributed by atoms with van der Waals surface area (Å²) in [6.07, 6.45) is 3.03. The van der Waals surface area contributed by atoms with E-state index in [1.54, 1.807) is 6.08 Å². The standard InChI is InChI=1S/C13H22FNSi/c1-12(2,3)16(14,13(4,5)6)11-9-8-10-15-7/h8,10H,7H2,1-6H3/b10-8+. The first-order valence-corrected chi connectivity index (χ1v) is 7.26. The fourth-order valence-corrected chi connectivity index (χ4v) is 5.01. The van der Waals surface area contributed by atoms with Crippen LogP contribution in [0, 0.1) is 11.5 Å². The van der Waals surface area contributed by atoms with Crippen molar-refractivity contribution in [2.45, 2.75) is 51.6 Å². The van der Waals surface area contributed by atoms with Gasteiger partial charge in [-0.3, -0.25) is 9.10 Å². The summed E-state index contributed by atoms with van der Waals surface area (Å²) >= 11 is 0. The number of halogens is 1. The SMILES string of the molecule is C=N/C=C/C#C[Si](F)(C(C)(C)C)C(C)(C)C. The van der Waals surface area contributed by atoms with Gasteiger partial charge in [0.05, 0.1) is 0 Å². The Bertz CT molecular complexity index is 320. The van der Waals surface area contributed by atoms with Gasteiger partial charge >= 0.3 is 8.41 Å². The van der Waals surface area contributed by atoms with Gasteiger partial charge in [0.25, 0.3) is 0 Å². The van der Waals surface area contributed by atoms with Crippen LogP contribution in [0.15, 0.2) is 17.3 Å². The molecule has 3 heteroatoms. The summed E-state index contributed by atoms with van der Waals surface area (Å²) in [7, 11) is -3.18. The van der Waals surface area contributed by atoms with Crippen molar-refractivity contribution in [3.8, 4) is 11.5 Å². The Morgan fingerprint density at radius 2 is 1.56 bits per heavy atom. The Kier molecular flexibility index (Phi) is 4.69. The highest BCUT2D eigenvalue weighted by atomic mass is 28.4. The van der Waals surface area contributed by atoms with Crippen LogP contribution in [0.2, 0.25) is 10.1 Å². The van der Waals surface area contributed by atoms with Crippen molar-refractivity contribution in [1.29, 1.82) is 0 Å². The minimum absolute atomic E-state index is 0.395. The van der Waals surface area contributed by atoms with Crippen molar-refractivity contribution in [2.75, 3.05) is 0 Å². The zero-order valence-corrected chi connectivity index (χ0v) is 12.2. The molecule has 0 aromatic heterocycles. The van der Waals surface area contributed by atoms with Crippen LogP contribution in [0.3, 0.4) is 0 Å². The lowest BCUT2D eigenvalue weighted by Crippen LogP contribution is -2.46. The predicted octanol–water partition coefficient (Wildman–Crippen LogP) is 4.26. The van der Waals surface area contributed by atoms with Crippen molar-refractivity contribution in [2.24, 2.45) is 4.99 Å². The molecule has 0 fully saturated rings. The Balaban J connectivity index is 5.34. The van der Waals surface area contributed by atoms with Crippen LogP contribution in [0.25, 0.3) is 0 Å². The average Bonchev–Trinajstić information content (AvgIpc) is 2.08. The van der Waals surface area contributed by atoms with E-state index in [1.165, 1.54) is 6.20 Å². The third-order valence-corrected chi connectivity index (χ3v) is 7.20. The first-order valence-electron chi connectivity index (χ1n) is 5.39. The molecule has 0 aromatic carbocycles. The second-order valence-corrected chi connectivity index (χ2v) is 10.5. The molecule has 0 unspecified atom stereocenters. The lowest BCUT2D eigenvalue weighted by Gasteiger charge is -2.40. The number of allylic oxidation sites excluding steroid dienone is 1. The molecule has 0 aliphatic heterocycles. The Hall–Kier alpha value is -0.883. The van der Waals surface area contributed by atoms with Gasteiger partial charge in [-0.25, -0.2) is 0 Å². The van der Waals surface area contributed by atoms with E-state index in [-0.39, 0.29) is 0 Å². The van der Waals surface area contributed by atoms with Crippen molar-refractivity contribution in [3.05, 3.63) is 12.3 Å². The largest absolute Gasteiger partial charge is 0.333 e. The van der Waals surface area contributed by atoms with Crippen LogP contribution < -0.4 is 0 Å². The first kappa shape index (κ1) is 15.1. The van der Waals surface area contributed by atoms with E-state index in [4.69, 9.17) is 0 Å². The maximum absolute atomic E-state index is 15.1. The number of rotatable bonds is 1. The van der Waals surface area contributed by atoms with Crippen LogP contribution in [-0.2, 0) is 0 Å². The molecular formula is C13H22FNSi. The number of aliphatic imine (C=N–C) groups is 1. The number of hydrogen-bond acceptors (Lipinski definition) is 1. The predicted molar refractivity (Wildman–Crippen MR) is 72.8 cm³/mol. The van der Waals surface area contributed by atoms with Crippen LogP contribution >= 0.6 is 0 Å². The third-order valence-electron chi connectivity index (χ3n) is 2.57. The highest BCUT2D eigenvalue weighted by Gasteiger charge is 2.54. The molecule has 0 amide bonds.